The molecule has 29 heavy (non-hydrogen) atoms. The average Bonchev–Trinajstić information content (AvgIpc) is 3.27. The van der Waals surface area contributed by atoms with Gasteiger partial charge < -0.3 is 9.80 Å². The minimum absolute atomic E-state index is 0.337. The van der Waals surface area contributed by atoms with E-state index in [-0.39, 0.29) is 0 Å². The van der Waals surface area contributed by atoms with E-state index in [1.807, 2.05) is 11.9 Å². The molecule has 0 amide bonds. The van der Waals surface area contributed by atoms with Crippen molar-refractivity contribution in [1.29, 1.82) is 0 Å². The van der Waals surface area contributed by atoms with Gasteiger partial charge in [-0.2, -0.15) is 0 Å². The molecule has 3 heterocycles. The summed E-state index contributed by atoms with van der Waals surface area (Å²) in [5.74, 6) is 0.674. The van der Waals surface area contributed by atoms with E-state index in [4.69, 9.17) is 0 Å². The summed E-state index contributed by atoms with van der Waals surface area (Å²) >= 11 is 0. The van der Waals surface area contributed by atoms with Crippen LogP contribution in [0.5, 0.6) is 0 Å². The first-order chi connectivity index (χ1) is 13.8. The molecule has 5 rings (SSSR count). The quantitative estimate of drug-likeness (QED) is 0.662. The van der Waals surface area contributed by atoms with Crippen LogP contribution < -0.4 is 4.90 Å². The van der Waals surface area contributed by atoms with Gasteiger partial charge in [0.15, 0.2) is 9.84 Å². The van der Waals surface area contributed by atoms with Gasteiger partial charge in [-0.25, -0.2) is 8.42 Å². The van der Waals surface area contributed by atoms with Crippen LogP contribution in [0.3, 0.4) is 0 Å². The fraction of sp³-hybridized carbons (Fsp3) is 0.478. The maximum atomic E-state index is 10.8. The maximum Gasteiger partial charge on any atom is 0.152 e. The van der Waals surface area contributed by atoms with Gasteiger partial charge in [-0.05, 0) is 43.3 Å². The third-order valence-electron chi connectivity index (χ3n) is 5.69. The lowest BCUT2D eigenvalue weighted by atomic mass is 10.1. The molecule has 0 atom stereocenters. The van der Waals surface area contributed by atoms with Crippen LogP contribution in [0.4, 0.5) is 5.69 Å². The number of nitrogens with zero attached hydrogens (tertiary/aromatic N) is 3. The number of benzene rings is 2. The molecule has 2 aromatic rings. The lowest BCUT2D eigenvalue weighted by Crippen LogP contribution is -2.37. The van der Waals surface area contributed by atoms with Crippen LogP contribution in [0.2, 0.25) is 0 Å². The second-order valence-corrected chi connectivity index (χ2v) is 10.5. The van der Waals surface area contributed by atoms with Crippen molar-refractivity contribution in [2.75, 3.05) is 57.2 Å². The molecule has 6 heteroatoms. The van der Waals surface area contributed by atoms with Gasteiger partial charge in [0, 0.05) is 45.5 Å². The summed E-state index contributed by atoms with van der Waals surface area (Å²) in [4.78, 5) is 6.65. The lowest BCUT2D eigenvalue weighted by molar-refractivity contribution is 0.353. The highest BCUT2D eigenvalue weighted by Crippen LogP contribution is 2.25. The van der Waals surface area contributed by atoms with E-state index in [0.717, 1.165) is 13.1 Å². The standard InChI is InChI=1S/2C9H11N.C5H11NO2S/c1-10-6-8-4-2-3-5-9(8)7-10;1-10-7-6-8-4-2-3-5-9(8)10;1-6-2-4-9(7,8)5-3-6/h2*2-5H,6-7H2,1H3;2-5H2,1H3. The fourth-order valence-corrected chi connectivity index (χ4v) is 5.19. The molecule has 0 saturated carbocycles. The largest absolute Gasteiger partial charge is 0.374 e. The first-order valence-corrected chi connectivity index (χ1v) is 12.1. The smallest absolute Gasteiger partial charge is 0.152 e. The Morgan fingerprint density at radius 1 is 0.690 bits per heavy atom. The fourth-order valence-electron chi connectivity index (χ4n) is 3.81. The topological polar surface area (TPSA) is 43.9 Å². The summed E-state index contributed by atoms with van der Waals surface area (Å²) in [5.41, 5.74) is 5.88. The Morgan fingerprint density at radius 2 is 1.21 bits per heavy atom. The molecule has 0 aromatic heterocycles. The molecule has 3 aliphatic heterocycles. The van der Waals surface area contributed by atoms with Crippen LogP contribution in [0.15, 0.2) is 48.5 Å². The van der Waals surface area contributed by atoms with E-state index in [2.05, 4.69) is 72.4 Å². The molecule has 158 valence electrons. The number of likely N-dealkylation sites (N-methyl/N-ethyl adjacent to an activating group) is 1. The van der Waals surface area contributed by atoms with Crippen LogP contribution in [0, 0.1) is 0 Å². The summed E-state index contributed by atoms with van der Waals surface area (Å²) in [6.07, 6.45) is 1.21. The number of hydrogen-bond acceptors (Lipinski definition) is 5. The number of anilines is 1. The van der Waals surface area contributed by atoms with Gasteiger partial charge in [-0.1, -0.05) is 42.5 Å². The molecule has 2 aromatic carbocycles. The van der Waals surface area contributed by atoms with Crippen LogP contribution in [0.1, 0.15) is 16.7 Å². The SMILES string of the molecule is CN1CCS(=O)(=O)CC1.CN1CCc2ccccc21.CN1Cc2ccccc2C1. The van der Waals surface area contributed by atoms with Crippen molar-refractivity contribution in [2.24, 2.45) is 0 Å². The van der Waals surface area contributed by atoms with Crippen molar-refractivity contribution < 1.29 is 8.42 Å². The van der Waals surface area contributed by atoms with Crippen molar-refractivity contribution in [1.82, 2.24) is 9.80 Å². The number of fused-ring (bicyclic) bond motifs is 2. The van der Waals surface area contributed by atoms with E-state index in [1.165, 1.54) is 35.3 Å². The minimum Gasteiger partial charge on any atom is -0.374 e. The molecular formula is C23H33N3O2S. The number of hydrogen-bond donors (Lipinski definition) is 0. The molecule has 1 saturated heterocycles. The Morgan fingerprint density at radius 3 is 1.72 bits per heavy atom. The van der Waals surface area contributed by atoms with E-state index in [0.29, 0.717) is 24.6 Å². The predicted molar refractivity (Wildman–Crippen MR) is 121 cm³/mol. The number of para-hydroxylation sites is 1. The molecule has 0 spiro atoms. The van der Waals surface area contributed by atoms with Crippen molar-refractivity contribution in [3.8, 4) is 0 Å². The van der Waals surface area contributed by atoms with Gasteiger partial charge in [0.1, 0.15) is 0 Å². The van der Waals surface area contributed by atoms with E-state index in [9.17, 15) is 8.42 Å². The number of sulfone groups is 1. The van der Waals surface area contributed by atoms with Gasteiger partial charge in [0.05, 0.1) is 11.5 Å². The normalized spacial score (nSPS) is 20.0. The zero-order valence-electron chi connectivity index (χ0n) is 17.8. The summed E-state index contributed by atoms with van der Waals surface area (Å²) < 4.78 is 21.5. The summed E-state index contributed by atoms with van der Waals surface area (Å²) in [6, 6.07) is 17.2. The van der Waals surface area contributed by atoms with E-state index >= 15 is 0 Å². The summed E-state index contributed by atoms with van der Waals surface area (Å²) in [5, 5.41) is 0. The van der Waals surface area contributed by atoms with Gasteiger partial charge in [-0.15, -0.1) is 0 Å². The number of rotatable bonds is 0. The van der Waals surface area contributed by atoms with Gasteiger partial charge >= 0.3 is 0 Å². The molecule has 0 N–H and O–H groups in total. The van der Waals surface area contributed by atoms with Crippen LogP contribution in [-0.2, 0) is 29.3 Å². The van der Waals surface area contributed by atoms with E-state index < -0.39 is 9.84 Å². The Kier molecular flexibility index (Phi) is 7.33. The monoisotopic (exact) mass is 415 g/mol. The van der Waals surface area contributed by atoms with Gasteiger partial charge in [0.25, 0.3) is 0 Å². The molecular weight excluding hydrogens is 382 g/mol. The van der Waals surface area contributed by atoms with E-state index in [1.54, 1.807) is 0 Å². The first-order valence-electron chi connectivity index (χ1n) is 10.3. The molecule has 3 aliphatic rings. The summed E-state index contributed by atoms with van der Waals surface area (Å²) in [7, 11) is 3.58. The zero-order valence-corrected chi connectivity index (χ0v) is 18.7. The summed E-state index contributed by atoms with van der Waals surface area (Å²) in [6.45, 7) is 4.82. The Balaban J connectivity index is 0.000000125. The average molecular weight is 416 g/mol. The van der Waals surface area contributed by atoms with Crippen LogP contribution >= 0.6 is 0 Å². The van der Waals surface area contributed by atoms with Crippen LogP contribution in [-0.4, -0.2) is 70.5 Å². The molecule has 0 unspecified atom stereocenters. The predicted octanol–water partition coefficient (Wildman–Crippen LogP) is 2.66. The van der Waals surface area contributed by atoms with Crippen molar-refractivity contribution in [3.05, 3.63) is 65.2 Å². The molecule has 1 fully saturated rings. The molecule has 0 bridgehead atoms. The first kappa shape index (κ1) is 21.8. The highest BCUT2D eigenvalue weighted by molar-refractivity contribution is 7.91. The molecule has 5 nitrogen and oxygen atoms in total. The van der Waals surface area contributed by atoms with Crippen molar-refractivity contribution in [2.45, 2.75) is 19.5 Å². The Labute approximate surface area is 175 Å². The second kappa shape index (κ2) is 9.74. The zero-order chi connectivity index (χ0) is 20.9. The van der Waals surface area contributed by atoms with Crippen molar-refractivity contribution >= 4 is 15.5 Å². The minimum atomic E-state index is -2.66. The lowest BCUT2D eigenvalue weighted by Gasteiger charge is -2.21. The van der Waals surface area contributed by atoms with Gasteiger partial charge in [-0.3, -0.25) is 4.90 Å². The van der Waals surface area contributed by atoms with Gasteiger partial charge in [0.2, 0.25) is 0 Å². The Hall–Kier alpha value is -1.89. The van der Waals surface area contributed by atoms with Crippen LogP contribution in [0.25, 0.3) is 0 Å². The molecule has 0 aliphatic carbocycles. The molecule has 0 radical (unpaired) electrons. The Bertz CT molecular complexity index is 875. The van der Waals surface area contributed by atoms with Crippen molar-refractivity contribution in [3.63, 3.8) is 0 Å². The second-order valence-electron chi connectivity index (χ2n) is 8.20. The third kappa shape index (κ3) is 6.29. The highest BCUT2D eigenvalue weighted by atomic mass is 32.2. The highest BCUT2D eigenvalue weighted by Gasteiger charge is 2.18. The third-order valence-corrected chi connectivity index (χ3v) is 7.30. The maximum absolute atomic E-state index is 10.8.